The fraction of sp³-hybridized carbons (Fsp3) is 0.243. The minimum atomic E-state index is -0.351. The Labute approximate surface area is 247 Å². The molecule has 0 radical (unpaired) electrons. The zero-order valence-electron chi connectivity index (χ0n) is 23.8. The molecule has 1 N–H and O–H groups in total. The van der Waals surface area contributed by atoms with Crippen LogP contribution in [0, 0.1) is 0 Å². The molecular weight excluding hydrogens is 524 g/mol. The number of phenolic OH excluding ortho intramolecular Hbond substituents is 1. The highest BCUT2D eigenvalue weighted by Gasteiger charge is 2.39. The summed E-state index contributed by atoms with van der Waals surface area (Å²) in [6.07, 6.45) is -0.525. The van der Waals surface area contributed by atoms with Crippen LogP contribution in [0.1, 0.15) is 41.7 Å². The summed E-state index contributed by atoms with van der Waals surface area (Å²) >= 11 is 0. The molecule has 6 rings (SSSR count). The topological polar surface area (TPSA) is 57.2 Å². The Morgan fingerprint density at radius 3 is 1.88 bits per heavy atom. The molecule has 0 saturated carbocycles. The van der Waals surface area contributed by atoms with E-state index in [4.69, 9.17) is 18.9 Å². The first-order chi connectivity index (χ1) is 20.7. The fourth-order valence-electron chi connectivity index (χ4n) is 5.64. The molecule has 1 fully saturated rings. The molecule has 42 heavy (non-hydrogen) atoms. The maximum atomic E-state index is 11.5. The molecule has 1 heterocycles. The van der Waals surface area contributed by atoms with Crippen LogP contribution in [0.15, 0.2) is 121 Å². The van der Waals surface area contributed by atoms with Crippen LogP contribution in [-0.2, 0) is 34.0 Å². The van der Waals surface area contributed by atoms with Crippen molar-refractivity contribution in [3.05, 3.63) is 144 Å². The summed E-state index contributed by atoms with van der Waals surface area (Å²) in [6, 6.07) is 40.1. The van der Waals surface area contributed by atoms with E-state index < -0.39 is 0 Å². The maximum Gasteiger partial charge on any atom is 0.129 e. The molecule has 0 aliphatic carbocycles. The molecule has 0 unspecified atom stereocenters. The normalized spacial score (nSPS) is 20.4. The summed E-state index contributed by atoms with van der Waals surface area (Å²) in [5.41, 5.74) is 4.03. The highest BCUT2D eigenvalue weighted by molar-refractivity contribution is 5.94. The summed E-state index contributed by atoms with van der Waals surface area (Å²) in [4.78, 5) is 0. The molecule has 1 saturated heterocycles. The second-order valence-corrected chi connectivity index (χ2v) is 10.8. The van der Waals surface area contributed by atoms with Crippen molar-refractivity contribution >= 4 is 10.8 Å². The number of benzene rings is 5. The van der Waals surface area contributed by atoms with E-state index in [1.807, 2.05) is 104 Å². The summed E-state index contributed by atoms with van der Waals surface area (Å²) in [5, 5.41) is 13.1. The van der Waals surface area contributed by atoms with Crippen LogP contribution >= 0.6 is 0 Å². The van der Waals surface area contributed by atoms with Crippen LogP contribution < -0.4 is 4.74 Å². The minimum absolute atomic E-state index is 0.209. The van der Waals surface area contributed by atoms with E-state index in [9.17, 15) is 5.11 Å². The lowest BCUT2D eigenvalue weighted by molar-refractivity contribution is -0.204. The second kappa shape index (κ2) is 13.2. The van der Waals surface area contributed by atoms with E-state index >= 15 is 0 Å². The van der Waals surface area contributed by atoms with Gasteiger partial charge in [-0.3, -0.25) is 0 Å². The Bertz CT molecular complexity index is 1570. The standard InChI is InChI=1S/C37H36O5/c1-26-37(41-25-29-16-9-4-10-17-29)35(40-24-28-14-7-3-8-15-28)22-34(42-26)32-21-20-30-31(36(32)38)18-11-19-33(30)39-23-27-12-5-2-6-13-27/h2-21,26,34-35,37-38H,22-25H2,1H3/t26-,34-,35-,37-/m0/s1. The van der Waals surface area contributed by atoms with Gasteiger partial charge in [0.2, 0.25) is 0 Å². The molecule has 5 heteroatoms. The van der Waals surface area contributed by atoms with Gasteiger partial charge in [0.05, 0.1) is 31.5 Å². The molecule has 1 aliphatic rings. The molecule has 4 atom stereocenters. The van der Waals surface area contributed by atoms with Gasteiger partial charge in [-0.2, -0.15) is 0 Å². The molecule has 0 spiro atoms. The Morgan fingerprint density at radius 2 is 1.24 bits per heavy atom. The van der Waals surface area contributed by atoms with Crippen molar-refractivity contribution in [3.8, 4) is 11.5 Å². The highest BCUT2D eigenvalue weighted by Crippen LogP contribution is 2.43. The number of fused-ring (bicyclic) bond motifs is 1. The third kappa shape index (κ3) is 6.50. The number of aromatic hydroxyl groups is 1. The van der Waals surface area contributed by atoms with Crippen molar-refractivity contribution in [2.24, 2.45) is 0 Å². The lowest BCUT2D eigenvalue weighted by Gasteiger charge is -2.40. The first-order valence-electron chi connectivity index (χ1n) is 14.5. The van der Waals surface area contributed by atoms with Crippen molar-refractivity contribution in [1.82, 2.24) is 0 Å². The molecule has 0 aromatic heterocycles. The second-order valence-electron chi connectivity index (χ2n) is 10.8. The summed E-state index contributed by atoms with van der Waals surface area (Å²) < 4.78 is 25.6. The van der Waals surface area contributed by atoms with Gasteiger partial charge in [-0.25, -0.2) is 0 Å². The van der Waals surface area contributed by atoms with Crippen LogP contribution in [0.5, 0.6) is 11.5 Å². The Balaban J connectivity index is 1.23. The zero-order valence-corrected chi connectivity index (χ0v) is 23.8. The molecular formula is C37H36O5. The number of phenols is 1. The summed E-state index contributed by atoms with van der Waals surface area (Å²) in [7, 11) is 0. The van der Waals surface area contributed by atoms with Gasteiger partial charge in [0, 0.05) is 22.8 Å². The molecule has 5 aromatic rings. The predicted molar refractivity (Wildman–Crippen MR) is 164 cm³/mol. The van der Waals surface area contributed by atoms with Crippen molar-refractivity contribution in [2.75, 3.05) is 0 Å². The fourth-order valence-corrected chi connectivity index (χ4v) is 5.64. The zero-order chi connectivity index (χ0) is 28.7. The molecule has 5 nitrogen and oxygen atoms in total. The Kier molecular flexibility index (Phi) is 8.80. The lowest BCUT2D eigenvalue weighted by atomic mass is 9.92. The third-order valence-corrected chi connectivity index (χ3v) is 7.85. The first kappa shape index (κ1) is 28.0. The summed E-state index contributed by atoms with van der Waals surface area (Å²) in [5.74, 6) is 0.940. The summed E-state index contributed by atoms with van der Waals surface area (Å²) in [6.45, 7) is 3.43. The average Bonchev–Trinajstić information content (AvgIpc) is 3.04. The van der Waals surface area contributed by atoms with E-state index in [1.54, 1.807) is 0 Å². The average molecular weight is 561 g/mol. The largest absolute Gasteiger partial charge is 0.507 e. The molecule has 1 aliphatic heterocycles. The van der Waals surface area contributed by atoms with Crippen molar-refractivity contribution in [2.45, 2.75) is 57.6 Å². The van der Waals surface area contributed by atoms with Gasteiger partial charge in [-0.1, -0.05) is 115 Å². The van der Waals surface area contributed by atoms with Crippen LogP contribution in [-0.4, -0.2) is 23.4 Å². The highest BCUT2D eigenvalue weighted by atomic mass is 16.6. The number of rotatable bonds is 10. The quantitative estimate of drug-likeness (QED) is 0.187. The lowest BCUT2D eigenvalue weighted by Crippen LogP contribution is -2.47. The Morgan fingerprint density at radius 1 is 0.643 bits per heavy atom. The van der Waals surface area contributed by atoms with E-state index in [0.717, 1.165) is 38.8 Å². The van der Waals surface area contributed by atoms with Crippen LogP contribution in [0.2, 0.25) is 0 Å². The molecule has 0 amide bonds. The number of ether oxygens (including phenoxy) is 4. The van der Waals surface area contributed by atoms with Crippen LogP contribution in [0.25, 0.3) is 10.8 Å². The number of hydrogen-bond donors (Lipinski definition) is 1. The van der Waals surface area contributed by atoms with Gasteiger partial charge in [0.15, 0.2) is 0 Å². The predicted octanol–water partition coefficient (Wildman–Crippen LogP) is 8.15. The minimum Gasteiger partial charge on any atom is -0.507 e. The van der Waals surface area contributed by atoms with Crippen molar-refractivity contribution < 1.29 is 24.1 Å². The van der Waals surface area contributed by atoms with Crippen molar-refractivity contribution in [1.29, 1.82) is 0 Å². The maximum absolute atomic E-state index is 11.5. The Hall–Kier alpha value is -4.16. The van der Waals surface area contributed by atoms with Gasteiger partial charge in [0.1, 0.15) is 24.2 Å². The van der Waals surface area contributed by atoms with Gasteiger partial charge >= 0.3 is 0 Å². The SMILES string of the molecule is C[C@@H]1O[C@H](c2ccc3c(OCc4ccccc4)cccc3c2O)C[C@H](OCc2ccccc2)[C@H]1OCc1ccccc1. The van der Waals surface area contributed by atoms with Crippen LogP contribution in [0.3, 0.4) is 0 Å². The van der Waals surface area contributed by atoms with Gasteiger partial charge in [0.25, 0.3) is 0 Å². The molecule has 5 aromatic carbocycles. The van der Waals surface area contributed by atoms with E-state index in [-0.39, 0.29) is 30.2 Å². The van der Waals surface area contributed by atoms with Crippen molar-refractivity contribution in [3.63, 3.8) is 0 Å². The van der Waals surface area contributed by atoms with E-state index in [1.165, 1.54) is 0 Å². The smallest absolute Gasteiger partial charge is 0.129 e. The first-order valence-corrected chi connectivity index (χ1v) is 14.5. The van der Waals surface area contributed by atoms with Crippen LogP contribution in [0.4, 0.5) is 0 Å². The van der Waals surface area contributed by atoms with Gasteiger partial charge in [-0.05, 0) is 29.7 Å². The van der Waals surface area contributed by atoms with Gasteiger partial charge in [-0.15, -0.1) is 0 Å². The number of hydrogen-bond acceptors (Lipinski definition) is 5. The third-order valence-electron chi connectivity index (χ3n) is 7.85. The molecule has 0 bridgehead atoms. The van der Waals surface area contributed by atoms with E-state index in [0.29, 0.717) is 26.2 Å². The van der Waals surface area contributed by atoms with E-state index in [2.05, 4.69) is 24.3 Å². The molecule has 214 valence electrons. The monoisotopic (exact) mass is 560 g/mol. The van der Waals surface area contributed by atoms with Gasteiger partial charge < -0.3 is 24.1 Å².